The molecule has 0 spiro atoms. The van der Waals surface area contributed by atoms with Crippen molar-refractivity contribution >= 4 is 47.1 Å². The monoisotopic (exact) mass is 1160 g/mol. The van der Waals surface area contributed by atoms with Gasteiger partial charge in [0.25, 0.3) is 8.32 Å². The Balaban J connectivity index is 1.03. The van der Waals surface area contributed by atoms with Gasteiger partial charge >= 0.3 is 0 Å². The van der Waals surface area contributed by atoms with Gasteiger partial charge in [-0.05, 0) is 141 Å². The summed E-state index contributed by atoms with van der Waals surface area (Å²) in [5, 5.41) is 2.62. The molecule has 0 bridgehead atoms. The lowest BCUT2D eigenvalue weighted by Crippen LogP contribution is -2.66. The van der Waals surface area contributed by atoms with Crippen LogP contribution >= 0.6 is 11.8 Å². The van der Waals surface area contributed by atoms with E-state index in [4.69, 9.17) is 41.7 Å². The molecule has 442 valence electrons. The predicted molar refractivity (Wildman–Crippen MR) is 333 cm³/mol. The number of hydrogen-bond acceptors (Lipinski definition) is 10. The zero-order chi connectivity index (χ0) is 57.3. The molecule has 3 aromatic carbocycles. The van der Waals surface area contributed by atoms with Gasteiger partial charge in [-0.1, -0.05) is 167 Å². The molecule has 0 aromatic heterocycles. The molecule has 13 heteroatoms. The first-order valence-electron chi connectivity index (χ1n) is 30.8. The van der Waals surface area contributed by atoms with Gasteiger partial charge in [-0.15, -0.1) is 11.8 Å². The number of rotatable bonds is 19. The molecule has 8 rings (SSSR count). The van der Waals surface area contributed by atoms with Crippen LogP contribution in [0.1, 0.15) is 166 Å². The summed E-state index contributed by atoms with van der Waals surface area (Å²) in [5.74, 6) is 1.21. The highest BCUT2D eigenvalue weighted by Crippen LogP contribution is 2.55. The third-order valence-electron chi connectivity index (χ3n) is 19.9. The molecule has 5 saturated heterocycles. The van der Waals surface area contributed by atoms with E-state index in [1.54, 1.807) is 0 Å². The van der Waals surface area contributed by atoms with Crippen LogP contribution in [0.4, 0.5) is 0 Å². The lowest BCUT2D eigenvalue weighted by molar-refractivity contribution is -0.255. The van der Waals surface area contributed by atoms with Crippen molar-refractivity contribution in [1.29, 1.82) is 0 Å². The molecule has 5 aliphatic heterocycles. The van der Waals surface area contributed by atoms with Crippen molar-refractivity contribution in [3.8, 4) is 0 Å². The maximum absolute atomic E-state index is 7.86. The number of hydrogen-bond donors (Lipinski definition) is 0. The molecule has 5 aliphatic rings. The van der Waals surface area contributed by atoms with Crippen LogP contribution in [0.15, 0.2) is 91.0 Å². The van der Waals surface area contributed by atoms with E-state index in [9.17, 15) is 0 Å². The van der Waals surface area contributed by atoms with Crippen molar-refractivity contribution < 1.29 is 41.7 Å². The lowest BCUT2D eigenvalue weighted by atomic mass is 9.80. The molecule has 0 saturated carbocycles. The Hall–Kier alpha value is -1.70. The maximum Gasteiger partial charge on any atom is 0.261 e. The first-order chi connectivity index (χ1) is 37.1. The molecule has 5 fully saturated rings. The van der Waals surface area contributed by atoms with Gasteiger partial charge < -0.3 is 41.7 Å². The van der Waals surface area contributed by atoms with Crippen molar-refractivity contribution in [2.75, 3.05) is 19.0 Å². The molecule has 1 unspecified atom stereocenters. The van der Waals surface area contributed by atoms with E-state index in [0.29, 0.717) is 32.2 Å². The summed E-state index contributed by atoms with van der Waals surface area (Å²) in [6.07, 6.45) is 8.11. The van der Waals surface area contributed by atoms with Crippen LogP contribution in [0.25, 0.3) is 0 Å². The van der Waals surface area contributed by atoms with Crippen molar-refractivity contribution in [3.63, 3.8) is 0 Å². The van der Waals surface area contributed by atoms with Gasteiger partial charge in [-0.3, -0.25) is 0 Å². The highest BCUT2D eigenvalue weighted by atomic mass is 32.2. The normalized spacial score (nSPS) is 33.1. The van der Waals surface area contributed by atoms with Gasteiger partial charge in [0.1, 0.15) is 11.0 Å². The van der Waals surface area contributed by atoms with E-state index < -0.39 is 41.1 Å². The summed E-state index contributed by atoms with van der Waals surface area (Å²) in [4.78, 5) is -0.580. The fourth-order valence-electron chi connectivity index (χ4n) is 13.4. The van der Waals surface area contributed by atoms with Crippen molar-refractivity contribution in [3.05, 3.63) is 96.6 Å². The Kier molecular flexibility index (Phi) is 20.1. The molecule has 5 heterocycles. The van der Waals surface area contributed by atoms with Crippen LogP contribution in [-0.4, -0.2) is 115 Å². The minimum Gasteiger partial charge on any atom is -0.411 e. The Bertz CT molecular complexity index is 2340. The van der Waals surface area contributed by atoms with E-state index in [1.165, 1.54) is 15.9 Å². The number of fused-ring (bicyclic) bond motifs is 4. The summed E-state index contributed by atoms with van der Waals surface area (Å²) in [6.45, 7) is 42.0. The van der Waals surface area contributed by atoms with Crippen molar-refractivity contribution in [2.24, 2.45) is 5.92 Å². The minimum atomic E-state index is -2.67. The van der Waals surface area contributed by atoms with E-state index in [2.05, 4.69) is 207 Å². The van der Waals surface area contributed by atoms with Gasteiger partial charge in [0.15, 0.2) is 16.6 Å². The molecule has 9 nitrogen and oxygen atoms in total. The fraction of sp³-hybridized carbons (Fsp3) is 0.727. The van der Waals surface area contributed by atoms with Gasteiger partial charge in [-0.25, -0.2) is 0 Å². The minimum absolute atomic E-state index is 0.00289. The largest absolute Gasteiger partial charge is 0.411 e. The predicted octanol–water partition coefficient (Wildman–Crippen LogP) is 15.2. The highest BCUT2D eigenvalue weighted by Gasteiger charge is 2.62. The lowest BCUT2D eigenvalue weighted by Gasteiger charge is -2.51. The SMILES string of the molecule is CCSC12CC[C@@H]3O[C@H](CCCOCc4ccccc4)[C@@](C)(O[Si](C)(C)C(C)(C)C)CC[C@H]3O[C@H]1C[C@H]1O[C@H]3C[C@H](C)[C@H](CCCO[Si](c4ccccc4)(c4ccccc4)C(C)(C)C)O[C@]3(C)C[C@H](O[Si](C)(C)C(C)(C)C)[C@@H]1O2. The molecule has 3 aromatic rings. The topological polar surface area (TPSA) is 83.1 Å². The number of thioether (sulfide) groups is 1. The van der Waals surface area contributed by atoms with E-state index >= 15 is 0 Å². The third kappa shape index (κ3) is 14.0. The molecule has 0 radical (unpaired) electrons. The summed E-state index contributed by atoms with van der Waals surface area (Å²) in [6, 6.07) is 32.5. The van der Waals surface area contributed by atoms with Crippen LogP contribution < -0.4 is 10.4 Å². The number of ether oxygens (including phenoxy) is 6. The molecular formula is C66H106O9SSi3. The first kappa shape index (κ1) is 63.3. The molecule has 0 aliphatic carbocycles. The van der Waals surface area contributed by atoms with Crippen LogP contribution in [-0.2, 0) is 48.3 Å². The van der Waals surface area contributed by atoms with Gasteiger partial charge in [0.2, 0.25) is 0 Å². The number of benzene rings is 3. The van der Waals surface area contributed by atoms with Crippen molar-refractivity contribution in [2.45, 2.75) is 280 Å². The summed E-state index contributed by atoms with van der Waals surface area (Å²) < 4.78 is 67.0. The second-order valence-electron chi connectivity index (χ2n) is 28.9. The molecule has 0 N–H and O–H groups in total. The first-order valence-corrected chi connectivity index (χ1v) is 39.5. The standard InChI is InChI=1S/C66H106O9SSi3/c1-18-76-66-41-39-54-53(38-40-64(12,75-78(16,17)62(6,7)8)57(69-54)37-29-42-67-47-49-30-22-19-23-31-49)70-59(66)45-55-60(73-66)56(74-77(14,15)61(3,4)5)46-65(13)58(71-55)44-48(2)52(72-65)36-28-43-68-79(63(9,10)11,50-32-24-20-25-33-50)51-34-26-21-27-35-51/h19-27,30-35,48,52-60H,18,28-29,36-47H2,1-17H3/t48-,52-,53+,54-,55+,56-,57+,58-,59-,60+,64-,65+,66?/m0/s1. The van der Waals surface area contributed by atoms with Crippen LogP contribution in [0.3, 0.4) is 0 Å². The smallest absolute Gasteiger partial charge is 0.261 e. The zero-order valence-electron chi connectivity index (χ0n) is 52.1. The second kappa shape index (κ2) is 25.1. The van der Waals surface area contributed by atoms with Crippen LogP contribution in [0, 0.1) is 5.92 Å². The van der Waals surface area contributed by atoms with Gasteiger partial charge in [0, 0.05) is 26.1 Å². The second-order valence-corrected chi connectivity index (χ2v) is 44.3. The maximum atomic E-state index is 7.86. The molecule has 13 atom stereocenters. The van der Waals surface area contributed by atoms with Gasteiger partial charge in [-0.2, -0.15) is 0 Å². The van der Waals surface area contributed by atoms with Crippen molar-refractivity contribution in [1.82, 2.24) is 0 Å². The fourth-order valence-corrected chi connectivity index (χ4v) is 22.3. The average Bonchev–Trinajstić information content (AvgIpc) is 3.91. The Labute approximate surface area is 487 Å². The zero-order valence-corrected chi connectivity index (χ0v) is 55.9. The van der Waals surface area contributed by atoms with Gasteiger partial charge in [0.05, 0.1) is 66.6 Å². The molecule has 0 amide bonds. The summed E-state index contributed by atoms with van der Waals surface area (Å²) in [5.41, 5.74) is 0.160. The Morgan fingerprint density at radius 3 is 1.80 bits per heavy atom. The Morgan fingerprint density at radius 2 is 1.20 bits per heavy atom. The molecule has 79 heavy (non-hydrogen) atoms. The highest BCUT2D eigenvalue weighted by molar-refractivity contribution is 8.00. The third-order valence-corrected chi connectivity index (χ3v) is 35.4. The summed E-state index contributed by atoms with van der Waals surface area (Å²) in [7, 11) is -7.17. The quantitative estimate of drug-likeness (QED) is 0.0855. The summed E-state index contributed by atoms with van der Waals surface area (Å²) >= 11 is 1.92. The molecular weight excluding hydrogens is 1050 g/mol. The van der Waals surface area contributed by atoms with E-state index in [-0.39, 0.29) is 70.1 Å². The van der Waals surface area contributed by atoms with Crippen LogP contribution in [0.5, 0.6) is 0 Å². The van der Waals surface area contributed by atoms with E-state index in [0.717, 1.165) is 70.0 Å². The van der Waals surface area contributed by atoms with E-state index in [1.807, 2.05) is 11.8 Å². The average molecular weight is 1160 g/mol. The van der Waals surface area contributed by atoms with Crippen LogP contribution in [0.2, 0.25) is 41.3 Å². The Morgan fingerprint density at radius 1 is 0.633 bits per heavy atom.